The van der Waals surface area contributed by atoms with Gasteiger partial charge in [-0.2, -0.15) is 0 Å². The lowest BCUT2D eigenvalue weighted by molar-refractivity contribution is 0.307. The first-order valence-electron chi connectivity index (χ1n) is 9.75. The molecular formula is C24H26F2O. The molecule has 0 bridgehead atoms. The number of halogens is 2. The Hall–Kier alpha value is -2.34. The Morgan fingerprint density at radius 1 is 0.963 bits per heavy atom. The van der Waals surface area contributed by atoms with Gasteiger partial charge in [-0.1, -0.05) is 31.6 Å². The van der Waals surface area contributed by atoms with Gasteiger partial charge in [-0.3, -0.25) is 0 Å². The second-order valence-corrected chi connectivity index (χ2v) is 7.34. The van der Waals surface area contributed by atoms with E-state index in [9.17, 15) is 8.78 Å². The topological polar surface area (TPSA) is 9.23 Å². The van der Waals surface area contributed by atoms with Crippen LogP contribution in [0.2, 0.25) is 0 Å². The smallest absolute Gasteiger partial charge is 0.142 e. The Morgan fingerprint density at radius 2 is 1.59 bits per heavy atom. The highest BCUT2D eigenvalue weighted by Gasteiger charge is 2.23. The summed E-state index contributed by atoms with van der Waals surface area (Å²) >= 11 is 0. The van der Waals surface area contributed by atoms with Gasteiger partial charge in [0.1, 0.15) is 17.4 Å². The Balaban J connectivity index is 1.75. The summed E-state index contributed by atoms with van der Waals surface area (Å²) in [6.45, 7) is 2.21. The first-order valence-corrected chi connectivity index (χ1v) is 9.75. The minimum atomic E-state index is -0.568. The van der Waals surface area contributed by atoms with E-state index in [0.717, 1.165) is 42.9 Å². The first-order chi connectivity index (χ1) is 13.1. The summed E-state index contributed by atoms with van der Waals surface area (Å²) in [5, 5.41) is 0. The number of hydrogen-bond acceptors (Lipinski definition) is 1. The Morgan fingerprint density at radius 3 is 2.15 bits per heavy atom. The van der Waals surface area contributed by atoms with Crippen LogP contribution in [-0.2, 0) is 0 Å². The number of benzene rings is 2. The quantitative estimate of drug-likeness (QED) is 0.564. The molecule has 3 rings (SSSR count). The minimum Gasteiger partial charge on any atom is -0.497 e. The van der Waals surface area contributed by atoms with Crippen LogP contribution in [0.3, 0.4) is 0 Å². The molecular weight excluding hydrogens is 342 g/mol. The van der Waals surface area contributed by atoms with Crippen molar-refractivity contribution in [3.8, 4) is 17.6 Å². The molecule has 142 valence electrons. The third-order valence-electron chi connectivity index (χ3n) is 5.50. The predicted octanol–water partition coefficient (Wildman–Crippen LogP) is 6.45. The third kappa shape index (κ3) is 4.89. The maximum atomic E-state index is 14.5. The molecule has 0 aliphatic heterocycles. The Kier molecular flexibility index (Phi) is 6.50. The molecule has 1 saturated carbocycles. The molecule has 0 spiro atoms. The monoisotopic (exact) mass is 368 g/mol. The number of rotatable bonds is 4. The summed E-state index contributed by atoms with van der Waals surface area (Å²) in [7, 11) is 1.59. The van der Waals surface area contributed by atoms with E-state index in [1.54, 1.807) is 31.4 Å². The molecule has 1 aliphatic rings. The van der Waals surface area contributed by atoms with E-state index in [4.69, 9.17) is 4.74 Å². The average molecular weight is 368 g/mol. The van der Waals surface area contributed by atoms with Gasteiger partial charge in [-0.05, 0) is 79.5 Å². The van der Waals surface area contributed by atoms with Crippen LogP contribution in [-0.4, -0.2) is 7.11 Å². The molecule has 0 radical (unpaired) electrons. The highest BCUT2D eigenvalue weighted by Crippen LogP contribution is 2.38. The number of methoxy groups -OCH3 is 1. The summed E-state index contributed by atoms with van der Waals surface area (Å²) in [6.07, 6.45) is 6.80. The van der Waals surface area contributed by atoms with Crippen molar-refractivity contribution in [2.24, 2.45) is 5.92 Å². The van der Waals surface area contributed by atoms with Crippen molar-refractivity contribution in [3.05, 3.63) is 64.7 Å². The molecule has 27 heavy (non-hydrogen) atoms. The lowest BCUT2D eigenvalue weighted by atomic mass is 9.77. The van der Waals surface area contributed by atoms with Gasteiger partial charge in [-0.15, -0.1) is 0 Å². The predicted molar refractivity (Wildman–Crippen MR) is 105 cm³/mol. The summed E-state index contributed by atoms with van der Waals surface area (Å²) < 4.78 is 34.1. The maximum absolute atomic E-state index is 14.5. The highest BCUT2D eigenvalue weighted by atomic mass is 19.1. The van der Waals surface area contributed by atoms with E-state index >= 15 is 0 Å². The molecule has 1 fully saturated rings. The fourth-order valence-corrected chi connectivity index (χ4v) is 3.95. The average Bonchev–Trinajstić information content (AvgIpc) is 2.68. The van der Waals surface area contributed by atoms with Gasteiger partial charge in [0.05, 0.1) is 12.7 Å². The molecule has 1 nitrogen and oxygen atoms in total. The van der Waals surface area contributed by atoms with E-state index in [-0.39, 0.29) is 11.5 Å². The summed E-state index contributed by atoms with van der Waals surface area (Å²) in [4.78, 5) is 0. The number of hydrogen-bond donors (Lipinski definition) is 0. The largest absolute Gasteiger partial charge is 0.497 e. The van der Waals surface area contributed by atoms with Crippen molar-refractivity contribution in [1.82, 2.24) is 0 Å². The van der Waals surface area contributed by atoms with Crippen LogP contribution >= 0.6 is 0 Å². The molecule has 0 heterocycles. The zero-order valence-corrected chi connectivity index (χ0v) is 16.0. The second kappa shape index (κ2) is 9.04. The number of ether oxygens (including phenoxy) is 1. The zero-order chi connectivity index (χ0) is 19.2. The lowest BCUT2D eigenvalue weighted by Crippen LogP contribution is -2.13. The standard InChI is InChI=1S/C24H26F2O/c1-3-4-17-5-10-19(11-6-17)20-15-23(25)22(24(26)16-20)14-9-18-7-12-21(27-2)13-8-18/h7-8,12-13,15-17,19H,3-6,10-11H2,1-2H3. The lowest BCUT2D eigenvalue weighted by Gasteiger charge is -2.28. The van der Waals surface area contributed by atoms with Crippen molar-refractivity contribution >= 4 is 0 Å². The van der Waals surface area contributed by atoms with Crippen molar-refractivity contribution < 1.29 is 13.5 Å². The molecule has 2 aromatic carbocycles. The first kappa shape index (κ1) is 19.4. The molecule has 3 heteroatoms. The van der Waals surface area contributed by atoms with Crippen LogP contribution in [0.4, 0.5) is 8.78 Å². The molecule has 0 unspecified atom stereocenters. The summed E-state index contributed by atoms with van der Waals surface area (Å²) in [6, 6.07) is 10.0. The van der Waals surface area contributed by atoms with Gasteiger partial charge < -0.3 is 4.74 Å². The second-order valence-electron chi connectivity index (χ2n) is 7.34. The van der Waals surface area contributed by atoms with Gasteiger partial charge in [0.15, 0.2) is 0 Å². The van der Waals surface area contributed by atoms with E-state index in [1.807, 2.05) is 0 Å². The van der Waals surface area contributed by atoms with Crippen molar-refractivity contribution in [3.63, 3.8) is 0 Å². The van der Waals surface area contributed by atoms with Crippen molar-refractivity contribution in [2.45, 2.75) is 51.4 Å². The van der Waals surface area contributed by atoms with E-state index in [0.29, 0.717) is 5.56 Å². The zero-order valence-electron chi connectivity index (χ0n) is 16.0. The maximum Gasteiger partial charge on any atom is 0.142 e. The highest BCUT2D eigenvalue weighted by molar-refractivity contribution is 5.46. The van der Waals surface area contributed by atoms with Crippen molar-refractivity contribution in [2.75, 3.05) is 7.11 Å². The minimum absolute atomic E-state index is 0.158. The normalized spacial score (nSPS) is 19.3. The van der Waals surface area contributed by atoms with E-state index in [1.165, 1.54) is 25.0 Å². The summed E-state index contributed by atoms with van der Waals surface area (Å²) in [5.74, 6) is 6.09. The molecule has 0 amide bonds. The van der Waals surface area contributed by atoms with E-state index < -0.39 is 11.6 Å². The fourth-order valence-electron chi connectivity index (χ4n) is 3.95. The molecule has 0 atom stereocenters. The molecule has 0 N–H and O–H groups in total. The summed E-state index contributed by atoms with van der Waals surface area (Å²) in [5.41, 5.74) is 1.30. The van der Waals surface area contributed by atoms with Gasteiger partial charge >= 0.3 is 0 Å². The van der Waals surface area contributed by atoms with Crippen LogP contribution in [0.25, 0.3) is 0 Å². The van der Waals surface area contributed by atoms with Gasteiger partial charge in [0.2, 0.25) is 0 Å². The Bertz CT molecular complexity index is 799. The molecule has 2 aromatic rings. The third-order valence-corrected chi connectivity index (χ3v) is 5.50. The van der Waals surface area contributed by atoms with Crippen molar-refractivity contribution in [1.29, 1.82) is 0 Å². The molecule has 0 saturated heterocycles. The Labute approximate surface area is 160 Å². The molecule has 0 aromatic heterocycles. The van der Waals surface area contributed by atoms with Crippen LogP contribution in [0.5, 0.6) is 5.75 Å². The van der Waals surface area contributed by atoms with Gasteiger partial charge in [-0.25, -0.2) is 8.78 Å². The van der Waals surface area contributed by atoms with Gasteiger partial charge in [0.25, 0.3) is 0 Å². The van der Waals surface area contributed by atoms with Crippen LogP contribution < -0.4 is 4.74 Å². The SMILES string of the molecule is CCCC1CCC(c2cc(F)c(C#Cc3ccc(OC)cc3)c(F)c2)CC1. The van der Waals surface area contributed by atoms with Crippen LogP contribution in [0.15, 0.2) is 36.4 Å². The fraction of sp³-hybridized carbons (Fsp3) is 0.417. The van der Waals surface area contributed by atoms with Crippen LogP contribution in [0.1, 0.15) is 68.1 Å². The van der Waals surface area contributed by atoms with Crippen LogP contribution in [0, 0.1) is 29.4 Å². The van der Waals surface area contributed by atoms with E-state index in [2.05, 4.69) is 18.8 Å². The molecule has 1 aliphatic carbocycles. The van der Waals surface area contributed by atoms with Gasteiger partial charge in [0, 0.05) is 5.56 Å².